The van der Waals surface area contributed by atoms with Crippen LogP contribution >= 0.6 is 12.2 Å². The van der Waals surface area contributed by atoms with Gasteiger partial charge in [-0.25, -0.2) is 0 Å². The van der Waals surface area contributed by atoms with Crippen LogP contribution in [-0.2, 0) is 16.1 Å². The first-order valence-corrected chi connectivity index (χ1v) is 6.06. The molecular formula is C13H19NO3S. The molecule has 0 aliphatic heterocycles. The fourth-order valence-electron chi connectivity index (χ4n) is 1.55. The maximum atomic E-state index is 5.62. The Balaban J connectivity index is 2.71. The van der Waals surface area contributed by atoms with Crippen molar-refractivity contribution in [2.75, 3.05) is 20.8 Å². The number of ether oxygens (including phenoxy) is 3. The normalized spacial score (nSPS) is 12.2. The molecule has 0 aliphatic rings. The van der Waals surface area contributed by atoms with Crippen molar-refractivity contribution in [3.05, 3.63) is 29.3 Å². The zero-order valence-electron chi connectivity index (χ0n) is 10.9. The maximum absolute atomic E-state index is 5.62. The Bertz CT molecular complexity index is 409. The number of thiocarbonyl (C=S) groups is 1. The fourth-order valence-corrected chi connectivity index (χ4v) is 1.72. The molecule has 1 atom stereocenters. The van der Waals surface area contributed by atoms with Crippen molar-refractivity contribution < 1.29 is 14.2 Å². The molecular weight excluding hydrogens is 250 g/mol. The summed E-state index contributed by atoms with van der Waals surface area (Å²) in [5, 5.41) is 0. The molecule has 1 aromatic rings. The lowest BCUT2D eigenvalue weighted by molar-refractivity contribution is -0.000175. The Kier molecular flexibility index (Phi) is 6.04. The highest BCUT2D eigenvalue weighted by Crippen LogP contribution is 2.20. The summed E-state index contributed by atoms with van der Waals surface area (Å²) < 4.78 is 15.9. The molecule has 0 heterocycles. The summed E-state index contributed by atoms with van der Waals surface area (Å²) in [7, 11) is 3.25. The number of methoxy groups -OCH3 is 2. The van der Waals surface area contributed by atoms with Gasteiger partial charge in [0.1, 0.15) is 10.7 Å². The largest absolute Gasteiger partial charge is 0.496 e. The number of nitrogens with two attached hydrogens (primary N) is 1. The lowest BCUT2D eigenvalue weighted by atomic mass is 10.1. The molecule has 0 radical (unpaired) electrons. The van der Waals surface area contributed by atoms with Crippen molar-refractivity contribution in [2.24, 2.45) is 5.73 Å². The first kappa shape index (κ1) is 14.9. The van der Waals surface area contributed by atoms with Crippen molar-refractivity contribution in [1.82, 2.24) is 0 Å². The van der Waals surface area contributed by atoms with Crippen LogP contribution in [-0.4, -0.2) is 31.9 Å². The molecule has 18 heavy (non-hydrogen) atoms. The van der Waals surface area contributed by atoms with Gasteiger partial charge in [0.15, 0.2) is 0 Å². The molecule has 0 bridgehead atoms. The molecule has 100 valence electrons. The second-order valence-electron chi connectivity index (χ2n) is 3.98. The Labute approximate surface area is 113 Å². The quantitative estimate of drug-likeness (QED) is 0.766. The third-order valence-electron chi connectivity index (χ3n) is 2.47. The zero-order chi connectivity index (χ0) is 13.5. The number of benzene rings is 1. The van der Waals surface area contributed by atoms with Gasteiger partial charge in [0.25, 0.3) is 0 Å². The molecule has 0 amide bonds. The summed E-state index contributed by atoms with van der Waals surface area (Å²) in [5.41, 5.74) is 7.35. The predicted molar refractivity (Wildman–Crippen MR) is 75.0 cm³/mol. The Morgan fingerprint density at radius 3 is 2.67 bits per heavy atom. The van der Waals surface area contributed by atoms with Crippen LogP contribution in [0.1, 0.15) is 18.1 Å². The van der Waals surface area contributed by atoms with E-state index in [-0.39, 0.29) is 6.10 Å². The van der Waals surface area contributed by atoms with E-state index in [1.54, 1.807) is 14.2 Å². The van der Waals surface area contributed by atoms with Crippen LogP contribution in [0.4, 0.5) is 0 Å². The number of rotatable bonds is 7. The SMILES string of the molecule is COCC(C)OCc1ccc(C(N)=S)c(OC)c1. The second-order valence-corrected chi connectivity index (χ2v) is 4.42. The predicted octanol–water partition coefficient (Wildman–Crippen LogP) is 1.88. The van der Waals surface area contributed by atoms with Gasteiger partial charge in [0.05, 0.1) is 32.0 Å². The van der Waals surface area contributed by atoms with E-state index in [1.165, 1.54) is 0 Å². The zero-order valence-corrected chi connectivity index (χ0v) is 11.8. The van der Waals surface area contributed by atoms with E-state index >= 15 is 0 Å². The van der Waals surface area contributed by atoms with E-state index in [0.717, 1.165) is 11.1 Å². The summed E-state index contributed by atoms with van der Waals surface area (Å²) in [6.45, 7) is 3.03. The van der Waals surface area contributed by atoms with E-state index < -0.39 is 0 Å². The molecule has 0 fully saturated rings. The highest BCUT2D eigenvalue weighted by molar-refractivity contribution is 7.80. The minimum atomic E-state index is 0.0521. The summed E-state index contributed by atoms with van der Waals surface area (Å²) in [5.74, 6) is 0.669. The van der Waals surface area contributed by atoms with Gasteiger partial charge in [-0.3, -0.25) is 0 Å². The number of hydrogen-bond donors (Lipinski definition) is 1. The molecule has 1 unspecified atom stereocenters. The Morgan fingerprint density at radius 2 is 2.11 bits per heavy atom. The van der Waals surface area contributed by atoms with Gasteiger partial charge < -0.3 is 19.9 Å². The van der Waals surface area contributed by atoms with Crippen molar-refractivity contribution in [3.8, 4) is 5.75 Å². The molecule has 0 saturated carbocycles. The second kappa shape index (κ2) is 7.31. The van der Waals surface area contributed by atoms with Crippen molar-refractivity contribution in [2.45, 2.75) is 19.6 Å². The van der Waals surface area contributed by atoms with E-state index in [2.05, 4.69) is 0 Å². The van der Waals surface area contributed by atoms with Crippen LogP contribution in [0.2, 0.25) is 0 Å². The lowest BCUT2D eigenvalue weighted by Gasteiger charge is -2.13. The van der Waals surface area contributed by atoms with Gasteiger partial charge in [-0.15, -0.1) is 0 Å². The molecule has 5 heteroatoms. The van der Waals surface area contributed by atoms with Gasteiger partial charge in [-0.1, -0.05) is 18.3 Å². The highest BCUT2D eigenvalue weighted by Gasteiger charge is 2.08. The van der Waals surface area contributed by atoms with Gasteiger partial charge >= 0.3 is 0 Å². The molecule has 0 saturated heterocycles. The molecule has 0 aliphatic carbocycles. The van der Waals surface area contributed by atoms with E-state index in [1.807, 2.05) is 25.1 Å². The first-order chi connectivity index (χ1) is 8.58. The van der Waals surface area contributed by atoms with Gasteiger partial charge in [0.2, 0.25) is 0 Å². The third-order valence-corrected chi connectivity index (χ3v) is 2.69. The monoisotopic (exact) mass is 269 g/mol. The molecule has 0 spiro atoms. The third kappa shape index (κ3) is 4.25. The van der Waals surface area contributed by atoms with Crippen LogP contribution in [0, 0.1) is 0 Å². The topological polar surface area (TPSA) is 53.7 Å². The van der Waals surface area contributed by atoms with Crippen molar-refractivity contribution in [1.29, 1.82) is 0 Å². The first-order valence-electron chi connectivity index (χ1n) is 5.65. The molecule has 1 aromatic carbocycles. The molecule has 4 nitrogen and oxygen atoms in total. The smallest absolute Gasteiger partial charge is 0.129 e. The summed E-state index contributed by atoms with van der Waals surface area (Å²) in [6.07, 6.45) is 0.0521. The Hall–Kier alpha value is -1.17. The van der Waals surface area contributed by atoms with Crippen molar-refractivity contribution in [3.63, 3.8) is 0 Å². The molecule has 2 N–H and O–H groups in total. The highest BCUT2D eigenvalue weighted by atomic mass is 32.1. The van der Waals surface area contributed by atoms with E-state index in [9.17, 15) is 0 Å². The lowest BCUT2D eigenvalue weighted by Crippen LogP contribution is -2.15. The van der Waals surface area contributed by atoms with E-state index in [4.69, 9.17) is 32.2 Å². The van der Waals surface area contributed by atoms with E-state index in [0.29, 0.717) is 24.0 Å². The maximum Gasteiger partial charge on any atom is 0.129 e. The average molecular weight is 269 g/mol. The van der Waals surface area contributed by atoms with Crippen molar-refractivity contribution >= 4 is 17.2 Å². The average Bonchev–Trinajstić information content (AvgIpc) is 2.36. The van der Waals surface area contributed by atoms with Crippen LogP contribution < -0.4 is 10.5 Å². The standard InChI is InChI=1S/C13H19NO3S/c1-9(7-15-2)17-8-10-4-5-11(13(14)18)12(6-10)16-3/h4-6,9H,7-8H2,1-3H3,(H2,14,18). The molecule has 1 rings (SSSR count). The van der Waals surface area contributed by atoms with Crippen LogP contribution in [0.25, 0.3) is 0 Å². The Morgan fingerprint density at radius 1 is 1.39 bits per heavy atom. The van der Waals surface area contributed by atoms with Crippen LogP contribution in [0.15, 0.2) is 18.2 Å². The number of hydrogen-bond acceptors (Lipinski definition) is 4. The minimum Gasteiger partial charge on any atom is -0.496 e. The summed E-state index contributed by atoms with van der Waals surface area (Å²) in [6, 6.07) is 5.66. The van der Waals surface area contributed by atoms with Gasteiger partial charge in [-0.2, -0.15) is 0 Å². The summed E-state index contributed by atoms with van der Waals surface area (Å²) >= 11 is 4.95. The fraction of sp³-hybridized carbons (Fsp3) is 0.462. The molecule has 0 aromatic heterocycles. The minimum absolute atomic E-state index is 0.0521. The summed E-state index contributed by atoms with van der Waals surface area (Å²) in [4.78, 5) is 0.326. The van der Waals surface area contributed by atoms with Gasteiger partial charge in [-0.05, 0) is 24.6 Å². The van der Waals surface area contributed by atoms with Crippen LogP contribution in [0.3, 0.4) is 0 Å². The van der Waals surface area contributed by atoms with Gasteiger partial charge in [0, 0.05) is 7.11 Å². The van der Waals surface area contributed by atoms with Crippen LogP contribution in [0.5, 0.6) is 5.75 Å².